The smallest absolute Gasteiger partial charge is 0.0541 e. The summed E-state index contributed by atoms with van der Waals surface area (Å²) in [5, 5.41) is 6.41. The monoisotopic (exact) mass is 301 g/mol. The van der Waals surface area contributed by atoms with Crippen molar-refractivity contribution in [2.24, 2.45) is 0 Å². The molecule has 2 heterocycles. The second-order valence-electron chi connectivity index (χ2n) is 4.80. The molecular weight excluding hydrogens is 270 g/mol. The summed E-state index contributed by atoms with van der Waals surface area (Å²) in [7, 11) is 0. The van der Waals surface area contributed by atoms with Crippen molar-refractivity contribution in [3.8, 4) is 0 Å². The summed E-state index contributed by atoms with van der Waals surface area (Å²) < 4.78 is 0. The maximum atomic E-state index is 4.15. The number of pyridine rings is 1. The average Bonchev–Trinajstić information content (AvgIpc) is 2.58. The molecule has 2 rings (SSSR count). The van der Waals surface area contributed by atoms with Crippen LogP contribution < -0.4 is 10.6 Å². The molecular formula is C19H31N3. The van der Waals surface area contributed by atoms with E-state index in [-0.39, 0.29) is 0 Å². The zero-order valence-electron chi connectivity index (χ0n) is 14.3. The minimum atomic E-state index is 0.812. The molecule has 0 saturated heterocycles. The van der Waals surface area contributed by atoms with Gasteiger partial charge >= 0.3 is 0 Å². The fourth-order valence-electron chi connectivity index (χ4n) is 1.55. The van der Waals surface area contributed by atoms with E-state index in [9.17, 15) is 0 Å². The summed E-state index contributed by atoms with van der Waals surface area (Å²) in [6, 6.07) is 5.89. The molecule has 0 aliphatic carbocycles. The van der Waals surface area contributed by atoms with E-state index >= 15 is 0 Å². The minimum Gasteiger partial charge on any atom is -0.385 e. The number of aromatic nitrogens is 1. The first-order chi connectivity index (χ1) is 10.8. The van der Waals surface area contributed by atoms with Crippen LogP contribution in [0.3, 0.4) is 0 Å². The van der Waals surface area contributed by atoms with Crippen LogP contribution in [0, 0.1) is 0 Å². The molecule has 22 heavy (non-hydrogen) atoms. The van der Waals surface area contributed by atoms with Gasteiger partial charge in [0.1, 0.15) is 0 Å². The fourth-order valence-corrected chi connectivity index (χ4v) is 1.55. The van der Waals surface area contributed by atoms with Crippen LogP contribution in [0.15, 0.2) is 61.0 Å². The minimum absolute atomic E-state index is 0.812. The van der Waals surface area contributed by atoms with Gasteiger partial charge in [0, 0.05) is 31.5 Å². The topological polar surface area (TPSA) is 37.0 Å². The van der Waals surface area contributed by atoms with Crippen LogP contribution >= 0.6 is 0 Å². The number of nitrogens with zero attached hydrogens (tertiary/aromatic N) is 1. The van der Waals surface area contributed by atoms with Gasteiger partial charge in [0.15, 0.2) is 0 Å². The SMILES string of the molecule is C=CCNCc1ccccn1.CCC.CCC1=CC=CCN1. The third kappa shape index (κ3) is 11.9. The number of nitrogens with one attached hydrogen (secondary N) is 2. The molecule has 0 atom stereocenters. The molecule has 0 bridgehead atoms. The van der Waals surface area contributed by atoms with E-state index in [4.69, 9.17) is 0 Å². The highest BCUT2D eigenvalue weighted by molar-refractivity contribution is 5.15. The Bertz CT molecular complexity index is 422. The van der Waals surface area contributed by atoms with Gasteiger partial charge in [0.05, 0.1) is 5.69 Å². The van der Waals surface area contributed by atoms with E-state index in [1.54, 1.807) is 6.20 Å². The number of allylic oxidation sites excluding steroid dienone is 3. The van der Waals surface area contributed by atoms with E-state index in [1.165, 1.54) is 12.1 Å². The molecule has 2 N–H and O–H groups in total. The van der Waals surface area contributed by atoms with E-state index in [2.05, 4.69) is 61.2 Å². The Hall–Kier alpha value is -1.87. The maximum absolute atomic E-state index is 4.15. The van der Waals surface area contributed by atoms with Crippen molar-refractivity contribution < 1.29 is 0 Å². The van der Waals surface area contributed by atoms with Gasteiger partial charge in [-0.2, -0.15) is 0 Å². The predicted octanol–water partition coefficient (Wildman–Crippen LogP) is 4.21. The molecule has 3 nitrogen and oxygen atoms in total. The summed E-state index contributed by atoms with van der Waals surface area (Å²) in [5.74, 6) is 0. The van der Waals surface area contributed by atoms with Crippen molar-refractivity contribution in [3.63, 3.8) is 0 Å². The number of rotatable bonds is 5. The zero-order chi connectivity index (χ0) is 16.5. The van der Waals surface area contributed by atoms with Crippen LogP contribution in [0.4, 0.5) is 0 Å². The van der Waals surface area contributed by atoms with Crippen molar-refractivity contribution in [1.82, 2.24) is 15.6 Å². The summed E-state index contributed by atoms with van der Waals surface area (Å²) in [6.07, 6.45) is 12.3. The van der Waals surface area contributed by atoms with Gasteiger partial charge in [-0.15, -0.1) is 6.58 Å². The predicted molar refractivity (Wildman–Crippen MR) is 97.6 cm³/mol. The highest BCUT2D eigenvalue weighted by Crippen LogP contribution is 1.98. The Balaban J connectivity index is 0.000000352. The van der Waals surface area contributed by atoms with Crippen molar-refractivity contribution in [2.75, 3.05) is 13.1 Å². The lowest BCUT2D eigenvalue weighted by Crippen LogP contribution is -2.14. The summed E-state index contributed by atoms with van der Waals surface area (Å²) >= 11 is 0. The van der Waals surface area contributed by atoms with Crippen LogP contribution in [-0.4, -0.2) is 18.1 Å². The standard InChI is InChI=1S/C9H12N2.C7H11N.C3H8/c1-2-6-10-8-9-5-3-4-7-11-9;1-2-7-5-3-4-6-8-7;1-3-2/h2-5,7,10H,1,6,8H2;3-5,8H,2,6H2,1H3;3H2,1-2H3. The second kappa shape index (κ2) is 15.5. The van der Waals surface area contributed by atoms with Gasteiger partial charge in [-0.25, -0.2) is 0 Å². The van der Waals surface area contributed by atoms with Gasteiger partial charge in [0.25, 0.3) is 0 Å². The molecule has 0 radical (unpaired) electrons. The highest BCUT2D eigenvalue weighted by Gasteiger charge is 1.91. The summed E-state index contributed by atoms with van der Waals surface area (Å²) in [5.41, 5.74) is 2.40. The van der Waals surface area contributed by atoms with Crippen molar-refractivity contribution in [2.45, 2.75) is 40.2 Å². The molecule has 0 spiro atoms. The van der Waals surface area contributed by atoms with Gasteiger partial charge < -0.3 is 10.6 Å². The zero-order valence-corrected chi connectivity index (χ0v) is 14.3. The van der Waals surface area contributed by atoms with E-state index in [0.717, 1.165) is 31.7 Å². The van der Waals surface area contributed by atoms with E-state index < -0.39 is 0 Å². The Morgan fingerprint density at radius 3 is 2.55 bits per heavy atom. The van der Waals surface area contributed by atoms with Gasteiger partial charge in [-0.05, 0) is 24.6 Å². The fraction of sp³-hybridized carbons (Fsp3) is 0.421. The Labute approximate surface area is 136 Å². The van der Waals surface area contributed by atoms with Gasteiger partial charge in [0.2, 0.25) is 0 Å². The van der Waals surface area contributed by atoms with Crippen LogP contribution in [0.5, 0.6) is 0 Å². The molecule has 0 saturated carbocycles. The van der Waals surface area contributed by atoms with Crippen LogP contribution in [0.1, 0.15) is 39.3 Å². The van der Waals surface area contributed by atoms with Crippen molar-refractivity contribution in [1.29, 1.82) is 0 Å². The highest BCUT2D eigenvalue weighted by atomic mass is 14.9. The first-order valence-electron chi connectivity index (χ1n) is 8.09. The second-order valence-corrected chi connectivity index (χ2v) is 4.80. The summed E-state index contributed by atoms with van der Waals surface area (Å²) in [6.45, 7) is 12.7. The van der Waals surface area contributed by atoms with E-state index in [1.807, 2.05) is 24.3 Å². The quantitative estimate of drug-likeness (QED) is 0.632. The van der Waals surface area contributed by atoms with Gasteiger partial charge in [-0.1, -0.05) is 51.5 Å². The lowest BCUT2D eigenvalue weighted by molar-refractivity contribution is 0.741. The molecule has 1 aliphatic rings. The molecule has 3 heteroatoms. The lowest BCUT2D eigenvalue weighted by Gasteiger charge is -2.07. The van der Waals surface area contributed by atoms with Gasteiger partial charge in [-0.3, -0.25) is 4.98 Å². The molecule has 0 amide bonds. The third-order valence-corrected chi connectivity index (χ3v) is 2.58. The van der Waals surface area contributed by atoms with Crippen LogP contribution in [0.2, 0.25) is 0 Å². The third-order valence-electron chi connectivity index (χ3n) is 2.58. The average molecular weight is 301 g/mol. The molecule has 0 fully saturated rings. The van der Waals surface area contributed by atoms with Crippen LogP contribution in [-0.2, 0) is 6.54 Å². The molecule has 122 valence electrons. The Kier molecular flexibility index (Phi) is 14.2. The van der Waals surface area contributed by atoms with E-state index in [0.29, 0.717) is 0 Å². The molecule has 0 unspecified atom stereocenters. The molecule has 1 aromatic rings. The van der Waals surface area contributed by atoms with Crippen molar-refractivity contribution in [3.05, 3.63) is 66.7 Å². The Morgan fingerprint density at radius 2 is 2.09 bits per heavy atom. The molecule has 0 aromatic carbocycles. The maximum Gasteiger partial charge on any atom is 0.0541 e. The molecule has 1 aromatic heterocycles. The lowest BCUT2D eigenvalue weighted by atomic mass is 10.2. The first kappa shape index (κ1) is 20.1. The summed E-state index contributed by atoms with van der Waals surface area (Å²) in [4.78, 5) is 4.15. The number of hydrogen-bond acceptors (Lipinski definition) is 3. The number of dihydropyridines is 1. The molecule has 1 aliphatic heterocycles. The normalized spacial score (nSPS) is 11.9. The van der Waals surface area contributed by atoms with Crippen molar-refractivity contribution >= 4 is 0 Å². The Morgan fingerprint density at radius 1 is 1.32 bits per heavy atom. The largest absolute Gasteiger partial charge is 0.385 e. The van der Waals surface area contributed by atoms with Crippen LogP contribution in [0.25, 0.3) is 0 Å². The first-order valence-corrected chi connectivity index (χ1v) is 8.09. The number of hydrogen-bond donors (Lipinski definition) is 2.